The zero-order chi connectivity index (χ0) is 27.5. The number of hydrogen-bond acceptors (Lipinski definition) is 6. The van der Waals surface area contributed by atoms with Gasteiger partial charge in [-0.25, -0.2) is 4.68 Å². The van der Waals surface area contributed by atoms with Crippen LogP contribution in [0.4, 0.5) is 0 Å². The van der Waals surface area contributed by atoms with E-state index in [1.165, 1.54) is 0 Å². The molecule has 4 rings (SSSR count). The summed E-state index contributed by atoms with van der Waals surface area (Å²) in [7, 11) is 0. The number of ketones is 1. The predicted molar refractivity (Wildman–Crippen MR) is 146 cm³/mol. The van der Waals surface area contributed by atoms with Crippen molar-refractivity contribution in [1.82, 2.24) is 15.0 Å². The van der Waals surface area contributed by atoms with Gasteiger partial charge in [0.05, 0.1) is 24.4 Å². The molecule has 8 heteroatoms. The van der Waals surface area contributed by atoms with E-state index >= 15 is 0 Å². The molecule has 0 spiro atoms. The molecule has 2 heterocycles. The minimum atomic E-state index is -1.52. The molecule has 0 aliphatic carbocycles. The predicted octanol–water partition coefficient (Wildman–Crippen LogP) is 5.60. The summed E-state index contributed by atoms with van der Waals surface area (Å²) in [6, 6.07) is 16.9. The van der Waals surface area contributed by atoms with Gasteiger partial charge in [-0.3, -0.25) is 9.59 Å². The highest BCUT2D eigenvalue weighted by Gasteiger charge is 2.57. The van der Waals surface area contributed by atoms with Crippen LogP contribution in [-0.2, 0) is 38.6 Å². The van der Waals surface area contributed by atoms with E-state index in [9.17, 15) is 9.59 Å². The Kier molecular flexibility index (Phi) is 8.19. The number of benzene rings is 2. The number of hydrogen-bond donors (Lipinski definition) is 0. The maximum Gasteiger partial charge on any atom is 0.322 e. The molecule has 0 saturated carbocycles. The summed E-state index contributed by atoms with van der Waals surface area (Å²) in [6.07, 6.45) is 1.50. The summed E-state index contributed by atoms with van der Waals surface area (Å²) in [4.78, 5) is 27.1. The van der Waals surface area contributed by atoms with E-state index in [0.29, 0.717) is 30.0 Å². The fraction of sp³-hybridized carbons (Fsp3) is 0.400. The van der Waals surface area contributed by atoms with E-state index in [1.54, 1.807) is 11.6 Å². The Balaban J connectivity index is 1.51. The number of carbonyl (C=O) groups is 2. The van der Waals surface area contributed by atoms with E-state index in [1.807, 2.05) is 81.6 Å². The Morgan fingerprint density at radius 2 is 1.82 bits per heavy atom. The molecule has 1 aliphatic heterocycles. The molecule has 1 aromatic heterocycles. The average Bonchev–Trinajstić information content (AvgIpc) is 3.33. The minimum Gasteiger partial charge on any atom is -0.460 e. The molecule has 3 atom stereocenters. The van der Waals surface area contributed by atoms with Crippen molar-refractivity contribution in [3.05, 3.63) is 94.8 Å². The van der Waals surface area contributed by atoms with Crippen molar-refractivity contribution < 1.29 is 19.1 Å². The molecule has 1 aliphatic rings. The number of halogens is 1. The third-order valence-corrected chi connectivity index (χ3v) is 7.21. The lowest BCUT2D eigenvalue weighted by Gasteiger charge is -2.46. The van der Waals surface area contributed by atoms with Crippen LogP contribution in [-0.4, -0.2) is 39.0 Å². The molecule has 0 radical (unpaired) electrons. The highest BCUT2D eigenvalue weighted by molar-refractivity contribution is 6.30. The number of Topliss-reactive ketones (excluding diaryl/α,β-unsaturated/α-hetero) is 1. The summed E-state index contributed by atoms with van der Waals surface area (Å²) >= 11 is 5.98. The molecule has 0 amide bonds. The van der Waals surface area contributed by atoms with Crippen molar-refractivity contribution >= 4 is 23.4 Å². The van der Waals surface area contributed by atoms with Crippen molar-refractivity contribution in [2.45, 2.75) is 65.9 Å². The van der Waals surface area contributed by atoms with Crippen LogP contribution < -0.4 is 0 Å². The molecule has 1 saturated heterocycles. The maximum atomic E-state index is 13.7. The van der Waals surface area contributed by atoms with Gasteiger partial charge in [0.1, 0.15) is 6.61 Å². The van der Waals surface area contributed by atoms with Gasteiger partial charge in [-0.05, 0) is 48.4 Å². The van der Waals surface area contributed by atoms with Gasteiger partial charge in [-0.2, -0.15) is 0 Å². The number of aromatic nitrogens is 3. The Bertz CT molecular complexity index is 1300. The van der Waals surface area contributed by atoms with Crippen molar-refractivity contribution in [1.29, 1.82) is 0 Å². The summed E-state index contributed by atoms with van der Waals surface area (Å²) in [5.74, 6) is -0.950. The molecule has 3 aromatic rings. The van der Waals surface area contributed by atoms with Gasteiger partial charge in [0.2, 0.25) is 0 Å². The maximum absolute atomic E-state index is 13.7. The molecule has 7 nitrogen and oxygen atoms in total. The molecule has 1 fully saturated rings. The standard InChI is InChI=1S/C30H34ClN3O4/c1-20-26(35)30(5,28(36)37-19-22-9-7-6-8-10-22)25(38-27(20)29(2,3)4)16-15-24-18-34(33-32-24)17-21-11-13-23(31)14-12-21/h6-14,18,25,27H,1,15-17,19H2,2-5H3/t25-,27-,30-/m1/s1. The largest absolute Gasteiger partial charge is 0.460 e. The van der Waals surface area contributed by atoms with Gasteiger partial charge in [0.15, 0.2) is 11.2 Å². The number of ether oxygens (including phenoxy) is 2. The lowest BCUT2D eigenvalue weighted by molar-refractivity contribution is -0.184. The minimum absolute atomic E-state index is 0.0729. The zero-order valence-corrected chi connectivity index (χ0v) is 23.1. The van der Waals surface area contributed by atoms with Crippen LogP contribution >= 0.6 is 11.6 Å². The SMILES string of the molecule is C=C1C(=O)[C@](C)(C(=O)OCc2ccccc2)[C@@H](CCc2cn(Cc3ccc(Cl)cc3)nn2)O[C@H]1C(C)(C)C. The van der Waals surface area contributed by atoms with Gasteiger partial charge in [0, 0.05) is 16.8 Å². The molecule has 0 N–H and O–H groups in total. The lowest BCUT2D eigenvalue weighted by atomic mass is 9.69. The number of esters is 1. The Hall–Kier alpha value is -3.29. The van der Waals surface area contributed by atoms with Gasteiger partial charge >= 0.3 is 5.97 Å². The quantitative estimate of drug-likeness (QED) is 0.212. The van der Waals surface area contributed by atoms with Crippen molar-refractivity contribution in [2.24, 2.45) is 10.8 Å². The fourth-order valence-corrected chi connectivity index (χ4v) is 4.87. The molecular weight excluding hydrogens is 502 g/mol. The molecule has 0 unspecified atom stereocenters. The van der Waals surface area contributed by atoms with Crippen LogP contribution in [0.5, 0.6) is 0 Å². The van der Waals surface area contributed by atoms with E-state index in [2.05, 4.69) is 16.9 Å². The monoisotopic (exact) mass is 535 g/mol. The summed E-state index contributed by atoms with van der Waals surface area (Å²) < 4.78 is 13.9. The smallest absolute Gasteiger partial charge is 0.322 e. The first-order valence-electron chi connectivity index (χ1n) is 12.7. The van der Waals surface area contributed by atoms with E-state index < -0.39 is 23.6 Å². The Labute approximate surface area is 228 Å². The van der Waals surface area contributed by atoms with E-state index in [0.717, 1.165) is 16.8 Å². The molecule has 38 heavy (non-hydrogen) atoms. The van der Waals surface area contributed by atoms with Crippen LogP contribution in [0.25, 0.3) is 0 Å². The summed E-state index contributed by atoms with van der Waals surface area (Å²) in [6.45, 7) is 12.2. The van der Waals surface area contributed by atoms with Crippen molar-refractivity contribution in [2.75, 3.05) is 0 Å². The van der Waals surface area contributed by atoms with E-state index in [4.69, 9.17) is 21.1 Å². The molecule has 0 bridgehead atoms. The summed E-state index contributed by atoms with van der Waals surface area (Å²) in [5, 5.41) is 9.21. The molecular formula is C30H34ClN3O4. The third-order valence-electron chi connectivity index (χ3n) is 6.95. The summed E-state index contributed by atoms with van der Waals surface area (Å²) in [5.41, 5.74) is 1.03. The first-order chi connectivity index (χ1) is 18.0. The van der Waals surface area contributed by atoms with Crippen LogP contribution in [0.15, 0.2) is 72.9 Å². The van der Waals surface area contributed by atoms with E-state index in [-0.39, 0.29) is 17.8 Å². The first-order valence-corrected chi connectivity index (χ1v) is 13.1. The van der Waals surface area contributed by atoms with Crippen LogP contribution in [0.2, 0.25) is 5.02 Å². The first kappa shape index (κ1) is 27.7. The van der Waals surface area contributed by atoms with Crippen LogP contribution in [0, 0.1) is 10.8 Å². The number of aryl methyl sites for hydroxylation is 1. The van der Waals surface area contributed by atoms with Crippen LogP contribution in [0.3, 0.4) is 0 Å². The van der Waals surface area contributed by atoms with Crippen molar-refractivity contribution in [3.63, 3.8) is 0 Å². The number of carbonyl (C=O) groups excluding carboxylic acids is 2. The van der Waals surface area contributed by atoms with Crippen molar-refractivity contribution in [3.8, 4) is 0 Å². The lowest BCUT2D eigenvalue weighted by Crippen LogP contribution is -2.58. The second-order valence-corrected chi connectivity index (χ2v) is 11.5. The highest BCUT2D eigenvalue weighted by Crippen LogP contribution is 2.44. The van der Waals surface area contributed by atoms with Gasteiger partial charge in [0.25, 0.3) is 0 Å². The Morgan fingerprint density at radius 3 is 2.47 bits per heavy atom. The number of rotatable bonds is 8. The second kappa shape index (κ2) is 11.2. The zero-order valence-electron chi connectivity index (χ0n) is 22.3. The molecule has 200 valence electrons. The van der Waals surface area contributed by atoms with Gasteiger partial charge < -0.3 is 9.47 Å². The van der Waals surface area contributed by atoms with Gasteiger partial charge in [-0.15, -0.1) is 5.10 Å². The molecule has 2 aromatic carbocycles. The third kappa shape index (κ3) is 6.05. The fourth-order valence-electron chi connectivity index (χ4n) is 4.75. The second-order valence-electron chi connectivity index (χ2n) is 11.1. The highest BCUT2D eigenvalue weighted by atomic mass is 35.5. The van der Waals surface area contributed by atoms with Gasteiger partial charge in [-0.1, -0.05) is 86.6 Å². The average molecular weight is 536 g/mol. The van der Waals surface area contributed by atoms with Crippen LogP contribution in [0.1, 0.15) is 50.9 Å². The Morgan fingerprint density at radius 1 is 1.13 bits per heavy atom. The topological polar surface area (TPSA) is 83.3 Å². The number of nitrogens with zero attached hydrogens (tertiary/aromatic N) is 3. The normalized spacial score (nSPS) is 21.9.